The van der Waals surface area contributed by atoms with E-state index in [4.69, 9.17) is 0 Å². The lowest BCUT2D eigenvalue weighted by Gasteiger charge is -2.32. The van der Waals surface area contributed by atoms with Crippen LogP contribution in [0.15, 0.2) is 24.3 Å². The van der Waals surface area contributed by atoms with Gasteiger partial charge in [0, 0.05) is 44.3 Å². The van der Waals surface area contributed by atoms with Crippen LogP contribution in [0.1, 0.15) is 54.4 Å². The van der Waals surface area contributed by atoms with E-state index < -0.39 is 0 Å². The summed E-state index contributed by atoms with van der Waals surface area (Å²) in [6, 6.07) is 8.86. The second-order valence-electron chi connectivity index (χ2n) is 7.36. The van der Waals surface area contributed by atoms with Crippen LogP contribution in [0.5, 0.6) is 0 Å². The van der Waals surface area contributed by atoms with Crippen molar-refractivity contribution in [2.75, 3.05) is 33.2 Å². The second-order valence-corrected chi connectivity index (χ2v) is 7.36. The van der Waals surface area contributed by atoms with Crippen LogP contribution in [-0.4, -0.2) is 55.0 Å². The van der Waals surface area contributed by atoms with Gasteiger partial charge in [0.05, 0.1) is 0 Å². The Balaban J connectivity index is 0.00000225. The third kappa shape index (κ3) is 5.98. The number of carbonyl (C=O) groups excluding carboxylic acids is 1. The number of carbonyl (C=O) groups is 1. The first-order valence-electron chi connectivity index (χ1n) is 9.52. The van der Waals surface area contributed by atoms with Crippen molar-refractivity contribution in [2.24, 2.45) is 0 Å². The van der Waals surface area contributed by atoms with Gasteiger partial charge in [-0.2, -0.15) is 0 Å². The molecule has 1 saturated heterocycles. The molecule has 1 saturated carbocycles. The molecular formula is C20H32ClN3O. The Bertz CT molecular complexity index is 518. The van der Waals surface area contributed by atoms with Crippen molar-refractivity contribution in [1.82, 2.24) is 15.1 Å². The Kier molecular flexibility index (Phi) is 8.20. The minimum atomic E-state index is 0. The molecule has 1 aromatic carbocycles. The SMILES string of the molecule is CN1CCN(C(=O)c2ccc(CNC3CCCCCC3)cc2)CC1.Cl. The zero-order valence-electron chi connectivity index (χ0n) is 15.4. The normalized spacial score (nSPS) is 20.0. The molecule has 2 fully saturated rings. The number of nitrogens with zero attached hydrogens (tertiary/aromatic N) is 2. The van der Waals surface area contributed by atoms with E-state index in [1.807, 2.05) is 17.0 Å². The van der Waals surface area contributed by atoms with Gasteiger partial charge in [0.2, 0.25) is 0 Å². The molecule has 5 heteroatoms. The molecule has 0 atom stereocenters. The van der Waals surface area contributed by atoms with Crippen LogP contribution in [0.25, 0.3) is 0 Å². The van der Waals surface area contributed by atoms with Crippen molar-refractivity contribution in [3.8, 4) is 0 Å². The molecule has 1 amide bonds. The number of benzene rings is 1. The Labute approximate surface area is 158 Å². The van der Waals surface area contributed by atoms with Crippen molar-refractivity contribution < 1.29 is 4.79 Å². The Morgan fingerprint density at radius 1 is 1.00 bits per heavy atom. The maximum atomic E-state index is 12.6. The van der Waals surface area contributed by atoms with E-state index in [2.05, 4.69) is 29.4 Å². The maximum Gasteiger partial charge on any atom is 0.253 e. The van der Waals surface area contributed by atoms with Gasteiger partial charge >= 0.3 is 0 Å². The van der Waals surface area contributed by atoms with Crippen molar-refractivity contribution in [1.29, 1.82) is 0 Å². The first kappa shape index (κ1) is 20.2. The summed E-state index contributed by atoms with van der Waals surface area (Å²) in [6.45, 7) is 4.51. The average molecular weight is 366 g/mol. The highest BCUT2D eigenvalue weighted by Gasteiger charge is 2.20. The summed E-state index contributed by atoms with van der Waals surface area (Å²) in [5.41, 5.74) is 2.09. The van der Waals surface area contributed by atoms with E-state index in [0.717, 1.165) is 38.3 Å². The minimum Gasteiger partial charge on any atom is -0.336 e. The molecule has 1 aliphatic carbocycles. The number of halogens is 1. The van der Waals surface area contributed by atoms with Gasteiger partial charge in [-0.05, 0) is 37.6 Å². The van der Waals surface area contributed by atoms with E-state index in [9.17, 15) is 4.79 Å². The Morgan fingerprint density at radius 3 is 2.20 bits per heavy atom. The summed E-state index contributed by atoms with van der Waals surface area (Å²) in [6.07, 6.45) is 8.11. The zero-order chi connectivity index (χ0) is 16.8. The molecular weight excluding hydrogens is 334 g/mol. The zero-order valence-corrected chi connectivity index (χ0v) is 16.2. The number of rotatable bonds is 4. The molecule has 25 heavy (non-hydrogen) atoms. The molecule has 0 unspecified atom stereocenters. The monoisotopic (exact) mass is 365 g/mol. The highest BCUT2D eigenvalue weighted by molar-refractivity contribution is 5.94. The number of likely N-dealkylation sites (N-methyl/N-ethyl adjacent to an activating group) is 1. The van der Waals surface area contributed by atoms with Gasteiger partial charge < -0.3 is 15.1 Å². The topological polar surface area (TPSA) is 35.6 Å². The summed E-state index contributed by atoms with van der Waals surface area (Å²) in [5.74, 6) is 0.173. The van der Waals surface area contributed by atoms with E-state index in [-0.39, 0.29) is 18.3 Å². The van der Waals surface area contributed by atoms with Crippen LogP contribution in [0, 0.1) is 0 Å². The predicted octanol–water partition coefficient (Wildman–Crippen LogP) is 3.31. The van der Waals surface area contributed by atoms with Gasteiger partial charge in [-0.15, -0.1) is 12.4 Å². The maximum absolute atomic E-state index is 12.6. The number of amides is 1. The van der Waals surface area contributed by atoms with Crippen LogP contribution in [0.2, 0.25) is 0 Å². The lowest BCUT2D eigenvalue weighted by atomic mass is 10.1. The van der Waals surface area contributed by atoms with Crippen molar-refractivity contribution in [3.05, 3.63) is 35.4 Å². The van der Waals surface area contributed by atoms with Crippen molar-refractivity contribution >= 4 is 18.3 Å². The fraction of sp³-hybridized carbons (Fsp3) is 0.650. The summed E-state index contributed by atoms with van der Waals surface area (Å²) in [7, 11) is 2.11. The lowest BCUT2D eigenvalue weighted by Crippen LogP contribution is -2.47. The second kappa shape index (κ2) is 10.1. The van der Waals surface area contributed by atoms with Gasteiger partial charge in [-0.3, -0.25) is 4.79 Å². The van der Waals surface area contributed by atoms with Gasteiger partial charge in [0.25, 0.3) is 5.91 Å². The number of hydrogen-bond donors (Lipinski definition) is 1. The molecule has 2 aliphatic rings. The van der Waals surface area contributed by atoms with Gasteiger partial charge in [0.1, 0.15) is 0 Å². The van der Waals surface area contributed by atoms with Gasteiger partial charge in [-0.25, -0.2) is 0 Å². The van der Waals surface area contributed by atoms with Crippen LogP contribution in [-0.2, 0) is 6.54 Å². The summed E-state index contributed by atoms with van der Waals surface area (Å²) in [5, 5.41) is 3.69. The molecule has 1 N–H and O–H groups in total. The minimum absolute atomic E-state index is 0. The first-order valence-corrected chi connectivity index (χ1v) is 9.52. The Hall–Kier alpha value is -1.10. The van der Waals surface area contributed by atoms with Gasteiger partial charge in [0.15, 0.2) is 0 Å². The molecule has 0 bridgehead atoms. The summed E-state index contributed by atoms with van der Waals surface area (Å²) >= 11 is 0. The van der Waals surface area contributed by atoms with E-state index >= 15 is 0 Å². The first-order chi connectivity index (χ1) is 11.7. The predicted molar refractivity (Wildman–Crippen MR) is 105 cm³/mol. The third-order valence-electron chi connectivity index (χ3n) is 5.44. The number of hydrogen-bond acceptors (Lipinski definition) is 3. The van der Waals surface area contributed by atoms with Crippen LogP contribution < -0.4 is 5.32 Å². The molecule has 4 nitrogen and oxygen atoms in total. The summed E-state index contributed by atoms with van der Waals surface area (Å²) < 4.78 is 0. The van der Waals surface area contributed by atoms with Crippen LogP contribution >= 0.6 is 12.4 Å². The number of nitrogens with one attached hydrogen (secondary N) is 1. The van der Waals surface area contributed by atoms with Crippen molar-refractivity contribution in [3.63, 3.8) is 0 Å². The van der Waals surface area contributed by atoms with Crippen molar-refractivity contribution in [2.45, 2.75) is 51.1 Å². The largest absolute Gasteiger partial charge is 0.336 e. The average Bonchev–Trinajstić information content (AvgIpc) is 2.89. The fourth-order valence-corrected chi connectivity index (χ4v) is 3.70. The van der Waals surface area contributed by atoms with E-state index in [1.165, 1.54) is 44.1 Å². The van der Waals surface area contributed by atoms with Crippen LogP contribution in [0.3, 0.4) is 0 Å². The summed E-state index contributed by atoms with van der Waals surface area (Å²) in [4.78, 5) is 16.8. The third-order valence-corrected chi connectivity index (χ3v) is 5.44. The highest BCUT2D eigenvalue weighted by Crippen LogP contribution is 2.18. The number of piperazine rings is 1. The lowest BCUT2D eigenvalue weighted by molar-refractivity contribution is 0.0664. The molecule has 1 heterocycles. The molecule has 1 aliphatic heterocycles. The molecule has 1 aromatic rings. The standard InChI is InChI=1S/C20H31N3O.ClH/c1-22-12-14-23(15-13-22)20(24)18-10-8-17(9-11-18)16-21-19-6-4-2-3-5-7-19;/h8-11,19,21H,2-7,12-16H2,1H3;1H. The molecule has 0 aromatic heterocycles. The van der Waals surface area contributed by atoms with E-state index in [0.29, 0.717) is 6.04 Å². The van der Waals surface area contributed by atoms with E-state index in [1.54, 1.807) is 0 Å². The molecule has 3 rings (SSSR count). The van der Waals surface area contributed by atoms with Gasteiger partial charge in [-0.1, -0.05) is 37.8 Å². The molecule has 0 spiro atoms. The Morgan fingerprint density at radius 2 is 1.60 bits per heavy atom. The van der Waals surface area contributed by atoms with Crippen LogP contribution in [0.4, 0.5) is 0 Å². The quantitative estimate of drug-likeness (QED) is 0.831. The fourth-order valence-electron chi connectivity index (χ4n) is 3.70. The molecule has 0 radical (unpaired) electrons. The molecule has 140 valence electrons. The highest BCUT2D eigenvalue weighted by atomic mass is 35.5. The smallest absolute Gasteiger partial charge is 0.253 e.